The van der Waals surface area contributed by atoms with Crippen LogP contribution in [0.15, 0.2) is 71.0 Å². The minimum Gasteiger partial charge on any atom is -0.345 e. The highest BCUT2D eigenvalue weighted by Gasteiger charge is 2.17. The Labute approximate surface area is 159 Å². The van der Waals surface area contributed by atoms with Gasteiger partial charge in [0.05, 0.1) is 16.5 Å². The smallest absolute Gasteiger partial charge is 0.252 e. The Bertz CT molecular complexity index is 874. The number of nitrogens with one attached hydrogen (secondary N) is 1. The van der Waals surface area contributed by atoms with E-state index in [-0.39, 0.29) is 16.8 Å². The number of carbonyl (C=O) groups excluding carboxylic acids is 1. The first kappa shape index (κ1) is 20.3. The molecule has 0 saturated carbocycles. The molecule has 0 fully saturated rings. The predicted molar refractivity (Wildman–Crippen MR) is 107 cm³/mol. The molecule has 0 radical (unpaired) electrons. The number of hydrogen-bond donors (Lipinski definition) is 1. The van der Waals surface area contributed by atoms with Gasteiger partial charge in [-0.3, -0.25) is 4.79 Å². The van der Waals surface area contributed by atoms with E-state index in [1.54, 1.807) is 48.2 Å². The van der Waals surface area contributed by atoms with Crippen molar-refractivity contribution in [1.82, 2.24) is 5.32 Å². The first-order chi connectivity index (χ1) is 12.4. The van der Waals surface area contributed by atoms with Crippen LogP contribution in [0.4, 0.5) is 0 Å². The lowest BCUT2D eigenvalue weighted by molar-refractivity contribution is 0.0932. The van der Waals surface area contributed by atoms with Crippen LogP contribution in [-0.4, -0.2) is 26.3 Å². The largest absolute Gasteiger partial charge is 0.345 e. The minimum atomic E-state index is -3.23. The number of thioether (sulfide) groups is 1. The number of benzene rings is 2. The monoisotopic (exact) mass is 389 g/mol. The molecule has 26 heavy (non-hydrogen) atoms. The summed E-state index contributed by atoms with van der Waals surface area (Å²) in [5, 5.41) is 3.05. The van der Waals surface area contributed by atoms with Crippen LogP contribution < -0.4 is 5.32 Å². The van der Waals surface area contributed by atoms with Gasteiger partial charge in [-0.1, -0.05) is 37.3 Å². The third-order valence-electron chi connectivity index (χ3n) is 3.91. The van der Waals surface area contributed by atoms with Crippen LogP contribution >= 0.6 is 11.8 Å². The van der Waals surface area contributed by atoms with Crippen molar-refractivity contribution in [3.63, 3.8) is 0 Å². The molecule has 0 saturated heterocycles. The molecule has 0 aliphatic rings. The third kappa shape index (κ3) is 5.22. The molecule has 4 nitrogen and oxygen atoms in total. The molecular formula is C20H23NO3S2. The molecule has 0 unspecified atom stereocenters. The fourth-order valence-corrected chi connectivity index (χ4v) is 3.95. The molecule has 1 atom stereocenters. The fourth-order valence-electron chi connectivity index (χ4n) is 2.53. The Hall–Kier alpha value is -2.05. The summed E-state index contributed by atoms with van der Waals surface area (Å²) in [7, 11) is -3.23. The number of rotatable bonds is 8. The van der Waals surface area contributed by atoms with Crippen LogP contribution in [-0.2, 0) is 9.84 Å². The molecule has 1 N–H and O–H groups in total. The highest BCUT2D eigenvalue weighted by molar-refractivity contribution is 7.99. The first-order valence-corrected chi connectivity index (χ1v) is 11.2. The van der Waals surface area contributed by atoms with Crippen LogP contribution in [0.5, 0.6) is 0 Å². The molecule has 0 bridgehead atoms. The van der Waals surface area contributed by atoms with Gasteiger partial charge in [-0.2, -0.15) is 0 Å². The van der Waals surface area contributed by atoms with Gasteiger partial charge in [-0.15, -0.1) is 18.3 Å². The summed E-state index contributed by atoms with van der Waals surface area (Å²) in [5.41, 5.74) is 1.51. The molecule has 1 amide bonds. The maximum absolute atomic E-state index is 12.8. The van der Waals surface area contributed by atoms with E-state index in [1.807, 2.05) is 25.1 Å². The SMILES string of the molecule is C=CCSc1ccccc1C(=O)N[C@H](CC)c1ccc(S(C)(=O)=O)cc1. The number of carbonyl (C=O) groups is 1. The Morgan fingerprint density at radius 3 is 2.42 bits per heavy atom. The number of sulfone groups is 1. The van der Waals surface area contributed by atoms with Crippen LogP contribution in [0.3, 0.4) is 0 Å². The van der Waals surface area contributed by atoms with Gasteiger partial charge in [0.1, 0.15) is 0 Å². The Balaban J connectivity index is 2.20. The summed E-state index contributed by atoms with van der Waals surface area (Å²) in [4.78, 5) is 13.9. The second kappa shape index (κ2) is 9.05. The van der Waals surface area contributed by atoms with E-state index in [4.69, 9.17) is 0 Å². The Morgan fingerprint density at radius 1 is 1.19 bits per heavy atom. The van der Waals surface area contributed by atoms with Crippen molar-refractivity contribution < 1.29 is 13.2 Å². The molecular weight excluding hydrogens is 366 g/mol. The van der Waals surface area contributed by atoms with Gasteiger partial charge < -0.3 is 5.32 Å². The lowest BCUT2D eigenvalue weighted by atomic mass is 10.0. The van der Waals surface area contributed by atoms with Gasteiger partial charge in [-0.25, -0.2) is 8.42 Å². The highest BCUT2D eigenvalue weighted by atomic mass is 32.2. The fraction of sp³-hybridized carbons (Fsp3) is 0.250. The maximum Gasteiger partial charge on any atom is 0.252 e. The normalized spacial score (nSPS) is 12.4. The van der Waals surface area contributed by atoms with Gasteiger partial charge in [0, 0.05) is 16.9 Å². The second-order valence-electron chi connectivity index (χ2n) is 5.87. The number of amides is 1. The molecule has 0 aliphatic carbocycles. The summed E-state index contributed by atoms with van der Waals surface area (Å²) >= 11 is 1.56. The minimum absolute atomic E-state index is 0.142. The van der Waals surface area contributed by atoms with Gasteiger partial charge in [-0.05, 0) is 36.2 Å². The maximum atomic E-state index is 12.8. The van der Waals surface area contributed by atoms with E-state index in [1.165, 1.54) is 6.26 Å². The quantitative estimate of drug-likeness (QED) is 0.541. The average molecular weight is 390 g/mol. The van der Waals surface area contributed by atoms with E-state index in [9.17, 15) is 13.2 Å². The summed E-state index contributed by atoms with van der Waals surface area (Å²) in [6.07, 6.45) is 3.68. The molecule has 138 valence electrons. The number of hydrogen-bond acceptors (Lipinski definition) is 4. The Morgan fingerprint density at radius 2 is 1.85 bits per heavy atom. The standard InChI is InChI=1S/C20H23NO3S2/c1-4-14-25-19-9-7-6-8-17(19)20(22)21-18(5-2)15-10-12-16(13-11-15)26(3,23)24/h4,6-13,18H,1,5,14H2,2-3H3,(H,21,22)/t18-/m1/s1. The van der Waals surface area contributed by atoms with Crippen LogP contribution in [0.25, 0.3) is 0 Å². The summed E-state index contributed by atoms with van der Waals surface area (Å²) in [6.45, 7) is 5.69. The summed E-state index contributed by atoms with van der Waals surface area (Å²) in [5.74, 6) is 0.588. The van der Waals surface area contributed by atoms with Crippen molar-refractivity contribution >= 4 is 27.5 Å². The van der Waals surface area contributed by atoms with Crippen LogP contribution in [0.1, 0.15) is 35.3 Å². The lowest BCUT2D eigenvalue weighted by Crippen LogP contribution is -2.28. The van der Waals surface area contributed by atoms with Crippen molar-refractivity contribution in [2.75, 3.05) is 12.0 Å². The van der Waals surface area contributed by atoms with Gasteiger partial charge in [0.2, 0.25) is 0 Å². The van der Waals surface area contributed by atoms with Crippen molar-refractivity contribution in [2.24, 2.45) is 0 Å². The summed E-state index contributed by atoms with van der Waals surface area (Å²) < 4.78 is 23.2. The van der Waals surface area contributed by atoms with Crippen molar-refractivity contribution in [1.29, 1.82) is 0 Å². The van der Waals surface area contributed by atoms with Crippen molar-refractivity contribution in [2.45, 2.75) is 29.2 Å². The van der Waals surface area contributed by atoms with Crippen molar-refractivity contribution in [3.05, 3.63) is 72.3 Å². The topological polar surface area (TPSA) is 63.2 Å². The second-order valence-corrected chi connectivity index (χ2v) is 8.95. The average Bonchev–Trinajstić information content (AvgIpc) is 2.64. The first-order valence-electron chi connectivity index (χ1n) is 8.30. The van der Waals surface area contributed by atoms with E-state index >= 15 is 0 Å². The third-order valence-corrected chi connectivity index (χ3v) is 6.11. The Kier molecular flexibility index (Phi) is 7.06. The molecule has 2 rings (SSSR count). The summed E-state index contributed by atoms with van der Waals surface area (Å²) in [6, 6.07) is 13.9. The van der Waals surface area contributed by atoms with E-state index in [2.05, 4.69) is 11.9 Å². The molecule has 0 aliphatic heterocycles. The molecule has 0 heterocycles. The van der Waals surface area contributed by atoms with E-state index in [0.29, 0.717) is 12.0 Å². The van der Waals surface area contributed by atoms with Gasteiger partial charge >= 0.3 is 0 Å². The zero-order valence-electron chi connectivity index (χ0n) is 14.9. The van der Waals surface area contributed by atoms with E-state index in [0.717, 1.165) is 16.2 Å². The molecule has 2 aromatic carbocycles. The van der Waals surface area contributed by atoms with Crippen LogP contribution in [0, 0.1) is 0 Å². The molecule has 0 aromatic heterocycles. The van der Waals surface area contributed by atoms with E-state index < -0.39 is 9.84 Å². The molecule has 0 spiro atoms. The van der Waals surface area contributed by atoms with Gasteiger partial charge in [0.15, 0.2) is 9.84 Å². The van der Waals surface area contributed by atoms with Crippen molar-refractivity contribution in [3.8, 4) is 0 Å². The highest BCUT2D eigenvalue weighted by Crippen LogP contribution is 2.24. The van der Waals surface area contributed by atoms with Crippen LogP contribution in [0.2, 0.25) is 0 Å². The lowest BCUT2D eigenvalue weighted by Gasteiger charge is -2.19. The zero-order chi connectivity index (χ0) is 19.2. The molecule has 6 heteroatoms. The van der Waals surface area contributed by atoms with Gasteiger partial charge in [0.25, 0.3) is 5.91 Å². The molecule has 2 aromatic rings. The zero-order valence-corrected chi connectivity index (χ0v) is 16.6. The predicted octanol–water partition coefficient (Wildman–Crippen LogP) is 4.25.